The molecular weight excluding hydrogens is 486 g/mol. The number of ether oxygens (including phenoxy) is 3. The van der Waals surface area contributed by atoms with Gasteiger partial charge in [0.15, 0.2) is 17.3 Å². The third kappa shape index (κ3) is 4.84. The van der Waals surface area contributed by atoms with Gasteiger partial charge in [0.25, 0.3) is 0 Å². The fourth-order valence-electron chi connectivity index (χ4n) is 4.04. The van der Waals surface area contributed by atoms with E-state index in [9.17, 15) is 0 Å². The van der Waals surface area contributed by atoms with E-state index in [0.717, 1.165) is 47.4 Å². The summed E-state index contributed by atoms with van der Waals surface area (Å²) >= 11 is 3.50. The van der Waals surface area contributed by atoms with E-state index in [1.807, 2.05) is 36.4 Å². The molecule has 0 aliphatic carbocycles. The maximum atomic E-state index is 6.34. The lowest BCUT2D eigenvalue weighted by Crippen LogP contribution is -2.35. The van der Waals surface area contributed by atoms with Crippen molar-refractivity contribution >= 4 is 33.1 Å². The molecule has 5 rings (SSSR count). The second-order valence-electron chi connectivity index (χ2n) is 8.22. The van der Waals surface area contributed by atoms with Crippen LogP contribution in [0.2, 0.25) is 0 Å². The third-order valence-corrected chi connectivity index (χ3v) is 6.36. The largest absolute Gasteiger partial charge is 0.493 e. The maximum Gasteiger partial charge on any atom is 0.248 e. The summed E-state index contributed by atoms with van der Waals surface area (Å²) in [5, 5.41) is 6.77. The second kappa shape index (κ2) is 9.44. The van der Waals surface area contributed by atoms with Gasteiger partial charge in [-0.25, -0.2) is 4.98 Å². The van der Waals surface area contributed by atoms with Crippen molar-refractivity contribution in [2.45, 2.75) is 25.5 Å². The Labute approximate surface area is 201 Å². The van der Waals surface area contributed by atoms with Crippen LogP contribution in [-0.2, 0) is 6.54 Å². The van der Waals surface area contributed by atoms with Crippen molar-refractivity contribution in [3.63, 3.8) is 0 Å². The molecule has 0 spiro atoms. The summed E-state index contributed by atoms with van der Waals surface area (Å²) in [6.07, 6.45) is 3.66. The number of benzene rings is 2. The fraction of sp³-hybridized carbons (Fsp3) is 0.333. The molecule has 2 aliphatic heterocycles. The standard InChI is InChI=1S/C24H26BrN5O3/c1-30-8-6-18(7-9-30)32-21-10-15-13-26-22-23(29-17-5-3-4-16(25)11-17)27-14-28-24(22)33-19(15)12-20(21)31-2/h3-5,10-12,14,18,26H,6-9,13H2,1-2H3,(H,27,28,29). The highest BCUT2D eigenvalue weighted by molar-refractivity contribution is 9.10. The number of nitrogens with one attached hydrogen (secondary N) is 2. The Morgan fingerprint density at radius 2 is 2.00 bits per heavy atom. The smallest absolute Gasteiger partial charge is 0.248 e. The summed E-state index contributed by atoms with van der Waals surface area (Å²) in [4.78, 5) is 11.1. The molecule has 3 heterocycles. The zero-order valence-corrected chi connectivity index (χ0v) is 20.2. The summed E-state index contributed by atoms with van der Waals surface area (Å²) in [5.41, 5.74) is 2.57. The van der Waals surface area contributed by atoms with Crippen LogP contribution >= 0.6 is 15.9 Å². The molecule has 172 valence electrons. The molecule has 2 N–H and O–H groups in total. The van der Waals surface area contributed by atoms with Crippen LogP contribution in [0.1, 0.15) is 18.4 Å². The zero-order valence-electron chi connectivity index (χ0n) is 18.6. The van der Waals surface area contributed by atoms with E-state index in [1.54, 1.807) is 7.11 Å². The molecular formula is C24H26BrN5O3. The minimum atomic E-state index is 0.178. The first-order valence-corrected chi connectivity index (χ1v) is 11.7. The monoisotopic (exact) mass is 511 g/mol. The normalized spacial score (nSPS) is 16.0. The quantitative estimate of drug-likeness (QED) is 0.484. The van der Waals surface area contributed by atoms with Crippen LogP contribution in [0.3, 0.4) is 0 Å². The molecule has 1 aromatic heterocycles. The Kier molecular flexibility index (Phi) is 6.24. The van der Waals surface area contributed by atoms with Gasteiger partial charge in [-0.2, -0.15) is 4.98 Å². The topological polar surface area (TPSA) is 80.8 Å². The van der Waals surface area contributed by atoms with E-state index in [1.165, 1.54) is 6.33 Å². The summed E-state index contributed by atoms with van der Waals surface area (Å²) < 4.78 is 19.2. The van der Waals surface area contributed by atoms with Gasteiger partial charge in [0.1, 0.15) is 23.9 Å². The number of anilines is 3. The van der Waals surface area contributed by atoms with Gasteiger partial charge in [-0.1, -0.05) is 22.0 Å². The van der Waals surface area contributed by atoms with E-state index in [2.05, 4.69) is 48.5 Å². The SMILES string of the molecule is COc1cc2c(cc1OC1CCN(C)CC1)CNc1c(Nc3cccc(Br)c3)ncnc1O2. The molecule has 0 unspecified atom stereocenters. The lowest BCUT2D eigenvalue weighted by atomic mass is 10.1. The molecule has 1 fully saturated rings. The van der Waals surface area contributed by atoms with Crippen LogP contribution in [0.4, 0.5) is 17.2 Å². The van der Waals surface area contributed by atoms with Crippen molar-refractivity contribution in [1.29, 1.82) is 0 Å². The number of halogens is 1. The highest BCUT2D eigenvalue weighted by Crippen LogP contribution is 2.43. The number of likely N-dealkylation sites (tertiary alicyclic amines) is 1. The van der Waals surface area contributed by atoms with E-state index in [-0.39, 0.29) is 6.10 Å². The molecule has 0 atom stereocenters. The number of fused-ring (bicyclic) bond motifs is 2. The average Bonchev–Trinajstić information content (AvgIpc) is 2.99. The van der Waals surface area contributed by atoms with Gasteiger partial charge >= 0.3 is 0 Å². The summed E-state index contributed by atoms with van der Waals surface area (Å²) in [6, 6.07) is 11.8. The van der Waals surface area contributed by atoms with E-state index in [4.69, 9.17) is 14.2 Å². The Hall–Kier alpha value is -3.04. The van der Waals surface area contributed by atoms with Crippen LogP contribution in [0.5, 0.6) is 23.1 Å². The predicted octanol–water partition coefficient (Wildman–Crippen LogP) is 5.18. The Morgan fingerprint density at radius 1 is 1.15 bits per heavy atom. The first kappa shape index (κ1) is 21.8. The van der Waals surface area contributed by atoms with Crippen molar-refractivity contribution in [2.75, 3.05) is 37.9 Å². The van der Waals surface area contributed by atoms with Crippen molar-refractivity contribution in [1.82, 2.24) is 14.9 Å². The molecule has 3 aromatic rings. The third-order valence-electron chi connectivity index (χ3n) is 5.87. The molecule has 0 radical (unpaired) electrons. The number of hydrogen-bond acceptors (Lipinski definition) is 8. The summed E-state index contributed by atoms with van der Waals surface area (Å²) in [6.45, 7) is 2.60. The fourth-order valence-corrected chi connectivity index (χ4v) is 4.44. The zero-order chi connectivity index (χ0) is 22.8. The van der Waals surface area contributed by atoms with Crippen molar-refractivity contribution in [3.05, 3.63) is 52.8 Å². The molecule has 8 nitrogen and oxygen atoms in total. The maximum absolute atomic E-state index is 6.34. The van der Waals surface area contributed by atoms with Gasteiger partial charge in [-0.15, -0.1) is 0 Å². The Balaban J connectivity index is 1.40. The van der Waals surface area contributed by atoms with Gasteiger partial charge in [0, 0.05) is 41.4 Å². The summed E-state index contributed by atoms with van der Waals surface area (Å²) in [5.74, 6) is 3.16. The van der Waals surface area contributed by atoms with Gasteiger partial charge in [-0.3, -0.25) is 0 Å². The molecule has 1 saturated heterocycles. The van der Waals surface area contributed by atoms with Crippen molar-refractivity contribution in [3.8, 4) is 23.1 Å². The molecule has 9 heteroatoms. The van der Waals surface area contributed by atoms with Gasteiger partial charge in [0.05, 0.1) is 7.11 Å². The molecule has 33 heavy (non-hydrogen) atoms. The van der Waals surface area contributed by atoms with Crippen LogP contribution in [-0.4, -0.2) is 48.2 Å². The lowest BCUT2D eigenvalue weighted by molar-refractivity contribution is 0.111. The van der Waals surface area contributed by atoms with E-state index in [0.29, 0.717) is 35.4 Å². The number of hydrogen-bond donors (Lipinski definition) is 2. The second-order valence-corrected chi connectivity index (χ2v) is 9.14. The number of aromatic nitrogens is 2. The molecule has 2 aromatic carbocycles. The lowest BCUT2D eigenvalue weighted by Gasteiger charge is -2.30. The highest BCUT2D eigenvalue weighted by Gasteiger charge is 2.24. The van der Waals surface area contributed by atoms with Crippen molar-refractivity contribution < 1.29 is 14.2 Å². The molecule has 0 bridgehead atoms. The van der Waals surface area contributed by atoms with Crippen LogP contribution < -0.4 is 24.8 Å². The minimum Gasteiger partial charge on any atom is -0.493 e. The summed E-state index contributed by atoms with van der Waals surface area (Å²) in [7, 11) is 3.79. The number of piperidine rings is 1. The molecule has 0 saturated carbocycles. The van der Waals surface area contributed by atoms with Crippen LogP contribution in [0.15, 0.2) is 47.2 Å². The highest BCUT2D eigenvalue weighted by atomic mass is 79.9. The number of rotatable bonds is 5. The first-order valence-electron chi connectivity index (χ1n) is 10.9. The minimum absolute atomic E-state index is 0.178. The Morgan fingerprint density at radius 3 is 2.79 bits per heavy atom. The average molecular weight is 512 g/mol. The van der Waals surface area contributed by atoms with E-state index < -0.39 is 0 Å². The molecule has 2 aliphatic rings. The van der Waals surface area contributed by atoms with Crippen molar-refractivity contribution in [2.24, 2.45) is 0 Å². The number of methoxy groups -OCH3 is 1. The predicted molar refractivity (Wildman–Crippen MR) is 131 cm³/mol. The van der Waals surface area contributed by atoms with Gasteiger partial charge < -0.3 is 29.7 Å². The van der Waals surface area contributed by atoms with Gasteiger partial charge in [-0.05, 0) is 44.2 Å². The van der Waals surface area contributed by atoms with Gasteiger partial charge in [0.2, 0.25) is 5.88 Å². The number of nitrogens with zero attached hydrogens (tertiary/aromatic N) is 3. The Bertz CT molecular complexity index is 1150. The first-order chi connectivity index (χ1) is 16.1. The van der Waals surface area contributed by atoms with E-state index >= 15 is 0 Å². The van der Waals surface area contributed by atoms with Crippen LogP contribution in [0, 0.1) is 0 Å². The van der Waals surface area contributed by atoms with Crippen LogP contribution in [0.25, 0.3) is 0 Å². The molecule has 0 amide bonds.